The second-order valence-corrected chi connectivity index (χ2v) is 9.10. The zero-order chi connectivity index (χ0) is 26.0. The van der Waals surface area contributed by atoms with Crippen molar-refractivity contribution in [1.29, 1.82) is 0 Å². The number of carbonyl (C=O) groups is 3. The molecule has 2 unspecified atom stereocenters. The van der Waals surface area contributed by atoms with Crippen LogP contribution in [0.1, 0.15) is 17.0 Å². The van der Waals surface area contributed by atoms with Crippen molar-refractivity contribution in [2.75, 3.05) is 28.6 Å². The first kappa shape index (κ1) is 25.2. The maximum atomic E-state index is 13.1. The number of carboxylic acids is 1. The van der Waals surface area contributed by atoms with Gasteiger partial charge in [0.25, 0.3) is 5.91 Å². The van der Waals surface area contributed by atoms with Crippen LogP contribution < -0.4 is 15.5 Å². The minimum absolute atomic E-state index is 0.0407. The number of aliphatic hydroxyl groups excluding tert-OH is 2. The maximum absolute atomic E-state index is 13.1. The van der Waals surface area contributed by atoms with Gasteiger partial charge in [-0.1, -0.05) is 18.2 Å². The van der Waals surface area contributed by atoms with Gasteiger partial charge in [0.2, 0.25) is 5.91 Å². The summed E-state index contributed by atoms with van der Waals surface area (Å²) >= 11 is 1.31. The van der Waals surface area contributed by atoms with Crippen LogP contribution in [-0.4, -0.2) is 67.8 Å². The van der Waals surface area contributed by atoms with Gasteiger partial charge in [0.05, 0.1) is 6.54 Å². The number of rotatable bonds is 8. The van der Waals surface area contributed by atoms with E-state index in [0.29, 0.717) is 35.7 Å². The number of aliphatic carboxylic acids is 1. The third-order valence-corrected chi connectivity index (χ3v) is 6.70. The molecule has 2 atom stereocenters. The molecule has 36 heavy (non-hydrogen) atoms. The Morgan fingerprint density at radius 2 is 1.89 bits per heavy atom. The average Bonchev–Trinajstić information content (AvgIpc) is 3.49. The lowest BCUT2D eigenvalue weighted by Crippen LogP contribution is -2.42. The number of hydrogen-bond acceptors (Lipinski definition) is 9. The van der Waals surface area contributed by atoms with Crippen molar-refractivity contribution in [3.05, 3.63) is 53.3 Å². The van der Waals surface area contributed by atoms with Crippen molar-refractivity contribution >= 4 is 46.4 Å². The Balaban J connectivity index is 1.45. The molecule has 2 amide bonds. The summed E-state index contributed by atoms with van der Waals surface area (Å²) in [6, 6.07) is 10.8. The first-order chi connectivity index (χ1) is 17.2. The average molecular weight is 512 g/mol. The monoisotopic (exact) mass is 511 g/mol. The van der Waals surface area contributed by atoms with E-state index in [-0.39, 0.29) is 12.5 Å². The Bertz CT molecular complexity index is 1330. The highest BCUT2D eigenvalue weighted by atomic mass is 32.1. The molecule has 188 valence electrons. The van der Waals surface area contributed by atoms with Crippen LogP contribution in [0.2, 0.25) is 0 Å². The van der Waals surface area contributed by atoms with Gasteiger partial charge < -0.3 is 30.9 Å². The molecular formula is C24H25N5O6S. The first-order valence-corrected chi connectivity index (χ1v) is 11.9. The standard InChI is InChI=1S/C24H25N5O6S/c1-12-6-7-14(23-26-13(2)28-36-23)10-17(12)25-11-19(30)29-9-8-15-16(4-3-5-18(15)29)27-22(33)20(31)21(32)24(34)35/h3-7,10,20-21,25,31-32H,8-9,11H2,1-2H3,(H,27,33)(H,34,35). The Hall–Kier alpha value is -3.87. The Kier molecular flexibility index (Phi) is 7.29. The smallest absolute Gasteiger partial charge is 0.335 e. The molecule has 0 aliphatic carbocycles. The number of aliphatic hydroxyl groups is 2. The molecule has 2 heterocycles. The number of nitrogens with one attached hydrogen (secondary N) is 2. The van der Waals surface area contributed by atoms with Crippen LogP contribution >= 0.6 is 11.5 Å². The molecule has 0 spiro atoms. The second kappa shape index (κ2) is 10.4. The van der Waals surface area contributed by atoms with Crippen LogP contribution in [0, 0.1) is 13.8 Å². The number of benzene rings is 2. The van der Waals surface area contributed by atoms with Gasteiger partial charge in [-0.3, -0.25) is 9.59 Å². The summed E-state index contributed by atoms with van der Waals surface area (Å²) in [5, 5.41) is 34.5. The summed E-state index contributed by atoms with van der Waals surface area (Å²) in [7, 11) is 0. The van der Waals surface area contributed by atoms with E-state index in [9.17, 15) is 24.6 Å². The van der Waals surface area contributed by atoms with Crippen molar-refractivity contribution in [2.45, 2.75) is 32.5 Å². The molecule has 2 aromatic carbocycles. The lowest BCUT2D eigenvalue weighted by molar-refractivity contribution is -0.156. The third-order valence-electron chi connectivity index (χ3n) is 5.85. The van der Waals surface area contributed by atoms with Gasteiger partial charge in [-0.05, 0) is 55.6 Å². The molecule has 0 radical (unpaired) electrons. The van der Waals surface area contributed by atoms with E-state index in [2.05, 4.69) is 20.0 Å². The highest BCUT2D eigenvalue weighted by Gasteiger charge is 2.32. The van der Waals surface area contributed by atoms with Crippen molar-refractivity contribution in [3.63, 3.8) is 0 Å². The molecule has 0 bridgehead atoms. The van der Waals surface area contributed by atoms with Crippen molar-refractivity contribution in [2.24, 2.45) is 0 Å². The van der Waals surface area contributed by atoms with Gasteiger partial charge in [0.1, 0.15) is 10.8 Å². The molecule has 11 nitrogen and oxygen atoms in total. The Morgan fingerprint density at radius 3 is 2.58 bits per heavy atom. The summed E-state index contributed by atoms with van der Waals surface area (Å²) in [4.78, 5) is 42.1. The third kappa shape index (κ3) is 5.20. The van der Waals surface area contributed by atoms with E-state index in [1.807, 2.05) is 32.0 Å². The number of aryl methyl sites for hydroxylation is 2. The van der Waals surface area contributed by atoms with E-state index < -0.39 is 24.1 Å². The molecule has 1 aliphatic heterocycles. The fourth-order valence-corrected chi connectivity index (χ4v) is 4.59. The van der Waals surface area contributed by atoms with Gasteiger partial charge >= 0.3 is 5.97 Å². The van der Waals surface area contributed by atoms with Crippen molar-refractivity contribution in [3.8, 4) is 10.6 Å². The molecule has 0 saturated carbocycles. The van der Waals surface area contributed by atoms with Crippen LogP contribution in [0.5, 0.6) is 0 Å². The topological polar surface area (TPSA) is 165 Å². The van der Waals surface area contributed by atoms with Crippen LogP contribution in [0.25, 0.3) is 10.6 Å². The summed E-state index contributed by atoms with van der Waals surface area (Å²) in [6.07, 6.45) is -3.92. The number of aromatic nitrogens is 2. The summed E-state index contributed by atoms with van der Waals surface area (Å²) in [5.74, 6) is -2.23. The summed E-state index contributed by atoms with van der Waals surface area (Å²) < 4.78 is 4.21. The van der Waals surface area contributed by atoms with Gasteiger partial charge in [-0.2, -0.15) is 4.37 Å². The quantitative estimate of drug-likeness (QED) is 0.302. The molecule has 12 heteroatoms. The molecule has 3 aromatic rings. The van der Waals surface area contributed by atoms with Crippen LogP contribution in [0.15, 0.2) is 36.4 Å². The van der Waals surface area contributed by atoms with Crippen molar-refractivity contribution in [1.82, 2.24) is 9.36 Å². The van der Waals surface area contributed by atoms with Crippen LogP contribution in [-0.2, 0) is 20.8 Å². The normalized spacial score (nSPS) is 14.2. The van der Waals surface area contributed by atoms with Crippen LogP contribution in [0.4, 0.5) is 17.1 Å². The minimum atomic E-state index is -2.25. The van der Waals surface area contributed by atoms with Gasteiger partial charge in [-0.25, -0.2) is 9.78 Å². The zero-order valence-corrected chi connectivity index (χ0v) is 20.4. The molecule has 5 N–H and O–H groups in total. The van der Waals surface area contributed by atoms with Crippen LogP contribution in [0.3, 0.4) is 0 Å². The largest absolute Gasteiger partial charge is 0.479 e. The predicted octanol–water partition coefficient (Wildman–Crippen LogP) is 1.57. The van der Waals surface area contributed by atoms with Gasteiger partial charge in [-0.15, -0.1) is 0 Å². The molecule has 0 fully saturated rings. The highest BCUT2D eigenvalue weighted by molar-refractivity contribution is 7.09. The molecular weight excluding hydrogens is 486 g/mol. The van der Waals surface area contributed by atoms with E-state index in [1.54, 1.807) is 23.1 Å². The number of nitrogens with zero attached hydrogens (tertiary/aromatic N) is 3. The van der Waals surface area contributed by atoms with E-state index in [0.717, 1.165) is 21.8 Å². The fraction of sp³-hybridized carbons (Fsp3) is 0.292. The summed E-state index contributed by atoms with van der Waals surface area (Å²) in [6.45, 7) is 4.21. The molecule has 1 aliphatic rings. The highest BCUT2D eigenvalue weighted by Crippen LogP contribution is 2.34. The SMILES string of the molecule is Cc1nsc(-c2ccc(C)c(NCC(=O)N3CCc4c(NC(=O)C(O)C(O)C(=O)O)cccc43)c2)n1. The van der Waals surface area contributed by atoms with E-state index >= 15 is 0 Å². The Morgan fingerprint density at radius 1 is 1.11 bits per heavy atom. The lowest BCUT2D eigenvalue weighted by atomic mass is 10.1. The molecule has 0 saturated heterocycles. The van der Waals surface area contributed by atoms with E-state index in [1.165, 1.54) is 11.5 Å². The second-order valence-electron chi connectivity index (χ2n) is 8.35. The summed E-state index contributed by atoms with van der Waals surface area (Å²) in [5.41, 5.74) is 4.32. The number of carboxylic acid groups (broad SMARTS) is 1. The zero-order valence-electron chi connectivity index (χ0n) is 19.6. The van der Waals surface area contributed by atoms with E-state index in [4.69, 9.17) is 5.11 Å². The van der Waals surface area contributed by atoms with Gasteiger partial charge in [0, 0.05) is 34.7 Å². The Labute approximate surface area is 210 Å². The first-order valence-electron chi connectivity index (χ1n) is 11.1. The predicted molar refractivity (Wildman–Crippen MR) is 134 cm³/mol. The molecule has 4 rings (SSSR count). The number of amides is 2. The minimum Gasteiger partial charge on any atom is -0.479 e. The van der Waals surface area contributed by atoms with Gasteiger partial charge in [0.15, 0.2) is 12.2 Å². The molecule has 1 aromatic heterocycles. The maximum Gasteiger partial charge on any atom is 0.335 e. The van der Waals surface area contributed by atoms with Crippen molar-refractivity contribution < 1.29 is 29.7 Å². The number of fused-ring (bicyclic) bond motifs is 1. The number of carbonyl (C=O) groups excluding carboxylic acids is 2. The lowest BCUT2D eigenvalue weighted by Gasteiger charge is -2.20. The number of hydrogen-bond donors (Lipinski definition) is 5. The number of anilines is 3. The fourth-order valence-electron chi connectivity index (χ4n) is 3.92.